The third-order valence-corrected chi connectivity index (χ3v) is 4.89. The minimum absolute atomic E-state index is 0.0397. The predicted molar refractivity (Wildman–Crippen MR) is 103 cm³/mol. The molecule has 1 aliphatic carbocycles. The summed E-state index contributed by atoms with van der Waals surface area (Å²) in [5.41, 5.74) is 7.17. The lowest BCUT2D eigenvalue weighted by Gasteiger charge is -2.14. The summed E-state index contributed by atoms with van der Waals surface area (Å²) in [6.45, 7) is 4.02. The largest absolute Gasteiger partial charge is 0.496 e. The van der Waals surface area contributed by atoms with Gasteiger partial charge in [-0.3, -0.25) is 4.79 Å². The summed E-state index contributed by atoms with van der Waals surface area (Å²) in [7, 11) is 3.30. The zero-order chi connectivity index (χ0) is 18.4. The van der Waals surface area contributed by atoms with Crippen molar-refractivity contribution in [2.24, 2.45) is 0 Å². The molecule has 0 fully saturated rings. The molecule has 0 N–H and O–H groups in total. The Hall–Kier alpha value is -3.07. The number of methoxy groups -OCH3 is 2. The molecule has 0 aromatic heterocycles. The standard InChI is InChI=1S/C23H20O3/c1-13-9-16(15-7-5-6-8-19(15)25-3)22-17(10-13)21-18(23(22)24)11-14(2)12-20(21)26-4/h5-12H,1-4H3. The molecule has 3 aromatic carbocycles. The lowest BCUT2D eigenvalue weighted by atomic mass is 9.92. The van der Waals surface area contributed by atoms with Gasteiger partial charge in [0.05, 0.1) is 14.2 Å². The molecule has 26 heavy (non-hydrogen) atoms. The van der Waals surface area contributed by atoms with Crippen molar-refractivity contribution < 1.29 is 14.3 Å². The van der Waals surface area contributed by atoms with E-state index in [1.807, 2.05) is 50.2 Å². The Bertz CT molecular complexity index is 1050. The second kappa shape index (κ2) is 6.03. The number of para-hydroxylation sites is 1. The number of benzene rings is 3. The van der Waals surface area contributed by atoms with Crippen LogP contribution in [0.3, 0.4) is 0 Å². The van der Waals surface area contributed by atoms with Crippen molar-refractivity contribution in [3.8, 4) is 33.8 Å². The van der Waals surface area contributed by atoms with Crippen LogP contribution < -0.4 is 9.47 Å². The zero-order valence-electron chi connectivity index (χ0n) is 15.3. The molecule has 0 spiro atoms. The van der Waals surface area contributed by atoms with Gasteiger partial charge in [-0.15, -0.1) is 0 Å². The van der Waals surface area contributed by atoms with E-state index in [1.165, 1.54) is 0 Å². The van der Waals surface area contributed by atoms with Crippen molar-refractivity contribution in [1.82, 2.24) is 0 Å². The fourth-order valence-electron chi connectivity index (χ4n) is 3.81. The molecular formula is C23H20O3. The van der Waals surface area contributed by atoms with Crippen molar-refractivity contribution in [2.75, 3.05) is 14.2 Å². The second-order valence-electron chi connectivity index (χ2n) is 6.65. The van der Waals surface area contributed by atoms with Crippen LogP contribution in [0.4, 0.5) is 0 Å². The minimum Gasteiger partial charge on any atom is -0.496 e. The average molecular weight is 344 g/mol. The van der Waals surface area contributed by atoms with Gasteiger partial charge in [0.15, 0.2) is 5.78 Å². The summed E-state index contributed by atoms with van der Waals surface area (Å²) in [5.74, 6) is 1.54. The van der Waals surface area contributed by atoms with E-state index < -0.39 is 0 Å². The monoisotopic (exact) mass is 344 g/mol. The van der Waals surface area contributed by atoms with Crippen molar-refractivity contribution in [3.63, 3.8) is 0 Å². The number of aryl methyl sites for hydroxylation is 2. The number of hydrogen-bond acceptors (Lipinski definition) is 3. The Kier molecular flexibility index (Phi) is 3.80. The van der Waals surface area contributed by atoms with Gasteiger partial charge in [-0.05, 0) is 54.3 Å². The maximum absolute atomic E-state index is 13.3. The van der Waals surface area contributed by atoms with E-state index in [2.05, 4.69) is 12.1 Å². The maximum Gasteiger partial charge on any atom is 0.195 e. The Morgan fingerprint density at radius 3 is 2.00 bits per heavy atom. The molecule has 0 aliphatic heterocycles. The molecule has 3 nitrogen and oxygen atoms in total. The molecule has 0 saturated carbocycles. The summed E-state index contributed by atoms with van der Waals surface area (Å²) in [6, 6.07) is 15.8. The maximum atomic E-state index is 13.3. The Balaban J connectivity index is 2.07. The van der Waals surface area contributed by atoms with Gasteiger partial charge in [-0.25, -0.2) is 0 Å². The highest BCUT2D eigenvalue weighted by Gasteiger charge is 2.33. The highest BCUT2D eigenvalue weighted by molar-refractivity contribution is 6.25. The number of ketones is 1. The molecule has 0 amide bonds. The first-order valence-corrected chi connectivity index (χ1v) is 8.57. The Labute approximate surface area is 153 Å². The number of carbonyl (C=O) groups is 1. The van der Waals surface area contributed by atoms with Gasteiger partial charge in [-0.2, -0.15) is 0 Å². The molecule has 4 rings (SSSR count). The van der Waals surface area contributed by atoms with Gasteiger partial charge in [0, 0.05) is 22.3 Å². The van der Waals surface area contributed by atoms with Gasteiger partial charge < -0.3 is 9.47 Å². The molecule has 0 atom stereocenters. The fourth-order valence-corrected chi connectivity index (χ4v) is 3.81. The molecule has 0 bridgehead atoms. The van der Waals surface area contributed by atoms with Gasteiger partial charge in [-0.1, -0.05) is 30.3 Å². The summed E-state index contributed by atoms with van der Waals surface area (Å²) < 4.78 is 11.1. The number of carbonyl (C=O) groups excluding carboxylic acids is 1. The van der Waals surface area contributed by atoms with Crippen LogP contribution >= 0.6 is 0 Å². The van der Waals surface area contributed by atoms with Gasteiger partial charge >= 0.3 is 0 Å². The lowest BCUT2D eigenvalue weighted by molar-refractivity contribution is 0.104. The van der Waals surface area contributed by atoms with Crippen LogP contribution in [-0.2, 0) is 0 Å². The van der Waals surface area contributed by atoms with Crippen molar-refractivity contribution in [2.45, 2.75) is 13.8 Å². The first kappa shape index (κ1) is 16.4. The molecule has 1 aliphatic rings. The fraction of sp³-hybridized carbons (Fsp3) is 0.174. The molecule has 3 heteroatoms. The molecule has 0 radical (unpaired) electrons. The lowest BCUT2D eigenvalue weighted by Crippen LogP contribution is -2.00. The third kappa shape index (κ3) is 2.31. The average Bonchev–Trinajstić information content (AvgIpc) is 2.92. The van der Waals surface area contributed by atoms with E-state index in [9.17, 15) is 4.79 Å². The molecule has 0 heterocycles. The molecule has 3 aromatic rings. The SMILES string of the molecule is COc1ccccc1-c1cc(C)cc2c1C(=O)c1cc(C)cc(OC)c1-2. The predicted octanol–water partition coefficient (Wildman–Crippen LogP) is 5.20. The van der Waals surface area contributed by atoms with Gasteiger partial charge in [0.2, 0.25) is 0 Å². The summed E-state index contributed by atoms with van der Waals surface area (Å²) in [5, 5.41) is 0. The van der Waals surface area contributed by atoms with Crippen LogP contribution in [0.2, 0.25) is 0 Å². The highest BCUT2D eigenvalue weighted by atomic mass is 16.5. The molecule has 0 unspecified atom stereocenters. The van der Waals surface area contributed by atoms with Crippen LogP contribution in [0.25, 0.3) is 22.3 Å². The third-order valence-electron chi connectivity index (χ3n) is 4.89. The topological polar surface area (TPSA) is 35.5 Å². The van der Waals surface area contributed by atoms with Gasteiger partial charge in [0.25, 0.3) is 0 Å². The van der Waals surface area contributed by atoms with Crippen LogP contribution in [0.1, 0.15) is 27.0 Å². The zero-order valence-corrected chi connectivity index (χ0v) is 15.3. The van der Waals surface area contributed by atoms with Crippen molar-refractivity contribution in [3.05, 3.63) is 70.8 Å². The second-order valence-corrected chi connectivity index (χ2v) is 6.65. The number of hydrogen-bond donors (Lipinski definition) is 0. The first-order valence-electron chi connectivity index (χ1n) is 8.57. The Morgan fingerprint density at radius 2 is 1.27 bits per heavy atom. The van der Waals surface area contributed by atoms with E-state index in [0.29, 0.717) is 5.56 Å². The van der Waals surface area contributed by atoms with Crippen LogP contribution in [0.5, 0.6) is 11.5 Å². The van der Waals surface area contributed by atoms with Crippen LogP contribution in [0, 0.1) is 13.8 Å². The first-order chi connectivity index (χ1) is 12.5. The van der Waals surface area contributed by atoms with E-state index in [-0.39, 0.29) is 5.78 Å². The van der Waals surface area contributed by atoms with Gasteiger partial charge in [0.1, 0.15) is 11.5 Å². The number of rotatable bonds is 3. The van der Waals surface area contributed by atoms with Crippen LogP contribution in [0.15, 0.2) is 48.5 Å². The highest BCUT2D eigenvalue weighted by Crippen LogP contribution is 2.48. The van der Waals surface area contributed by atoms with Crippen LogP contribution in [-0.4, -0.2) is 20.0 Å². The van der Waals surface area contributed by atoms with E-state index in [1.54, 1.807) is 14.2 Å². The molecule has 0 saturated heterocycles. The summed E-state index contributed by atoms with van der Waals surface area (Å²) in [4.78, 5) is 13.3. The Morgan fingerprint density at radius 1 is 0.654 bits per heavy atom. The normalized spacial score (nSPS) is 11.9. The van der Waals surface area contributed by atoms with E-state index in [0.717, 1.165) is 50.4 Å². The van der Waals surface area contributed by atoms with E-state index in [4.69, 9.17) is 9.47 Å². The number of fused-ring (bicyclic) bond motifs is 3. The molecule has 130 valence electrons. The van der Waals surface area contributed by atoms with Crippen molar-refractivity contribution >= 4 is 5.78 Å². The van der Waals surface area contributed by atoms with Crippen molar-refractivity contribution in [1.29, 1.82) is 0 Å². The minimum atomic E-state index is 0.0397. The summed E-state index contributed by atoms with van der Waals surface area (Å²) in [6.07, 6.45) is 0. The smallest absolute Gasteiger partial charge is 0.195 e. The quantitative estimate of drug-likeness (QED) is 0.512. The number of ether oxygens (including phenoxy) is 2. The summed E-state index contributed by atoms with van der Waals surface area (Å²) >= 11 is 0. The van der Waals surface area contributed by atoms with E-state index >= 15 is 0 Å². The molecular weight excluding hydrogens is 324 g/mol.